The average molecular weight is 463 g/mol. The number of aliphatic carboxylic acids is 1. The Hall–Kier alpha value is -3.35. The molecule has 0 aliphatic heterocycles. The minimum Gasteiger partial charge on any atom is -0.481 e. The Labute approximate surface area is 198 Å². The van der Waals surface area contributed by atoms with Crippen LogP contribution in [0.5, 0.6) is 0 Å². The van der Waals surface area contributed by atoms with Gasteiger partial charge in [0.25, 0.3) is 0 Å². The van der Waals surface area contributed by atoms with E-state index in [1.54, 1.807) is 6.92 Å². The zero-order valence-corrected chi connectivity index (χ0v) is 19.3. The molecule has 2 aromatic carbocycles. The number of alkyl carbamates (subject to hydrolysis) is 1. The summed E-state index contributed by atoms with van der Waals surface area (Å²) in [5.74, 6) is -1.32. The molecule has 3 aliphatic rings. The van der Waals surface area contributed by atoms with Crippen LogP contribution in [0.2, 0.25) is 0 Å². The van der Waals surface area contributed by atoms with Gasteiger partial charge in [0.1, 0.15) is 6.61 Å². The van der Waals surface area contributed by atoms with Gasteiger partial charge >= 0.3 is 12.1 Å². The van der Waals surface area contributed by atoms with E-state index in [2.05, 4.69) is 34.9 Å². The lowest BCUT2D eigenvalue weighted by Crippen LogP contribution is -2.40. The van der Waals surface area contributed by atoms with Crippen molar-refractivity contribution in [3.05, 3.63) is 59.7 Å². The Balaban J connectivity index is 1.14. The van der Waals surface area contributed by atoms with Crippen LogP contribution < -0.4 is 10.6 Å². The minimum absolute atomic E-state index is 0.00741. The summed E-state index contributed by atoms with van der Waals surface area (Å²) in [7, 11) is 0. The van der Waals surface area contributed by atoms with Crippen molar-refractivity contribution >= 4 is 18.0 Å². The summed E-state index contributed by atoms with van der Waals surface area (Å²) in [5, 5.41) is 15.0. The fourth-order valence-corrected chi connectivity index (χ4v) is 5.89. The molecule has 3 N–H and O–H groups in total. The number of carbonyl (C=O) groups excluding carboxylic acids is 2. The molecule has 2 fully saturated rings. The van der Waals surface area contributed by atoms with Gasteiger partial charge in [-0.1, -0.05) is 55.5 Å². The molecule has 1 unspecified atom stereocenters. The van der Waals surface area contributed by atoms with E-state index < -0.39 is 23.4 Å². The topological polar surface area (TPSA) is 105 Å². The maximum atomic E-state index is 12.8. The average Bonchev–Trinajstić information content (AvgIpc) is 3.26. The third-order valence-electron chi connectivity index (χ3n) is 7.88. The number of hydrogen-bond donors (Lipinski definition) is 3. The monoisotopic (exact) mass is 462 g/mol. The van der Waals surface area contributed by atoms with Gasteiger partial charge in [0.15, 0.2) is 0 Å². The van der Waals surface area contributed by atoms with Gasteiger partial charge in [-0.2, -0.15) is 0 Å². The summed E-state index contributed by atoms with van der Waals surface area (Å²) in [6.07, 6.45) is 2.12. The third-order valence-corrected chi connectivity index (χ3v) is 7.88. The number of ether oxygens (including phenoxy) is 1. The van der Waals surface area contributed by atoms with E-state index >= 15 is 0 Å². The third kappa shape index (κ3) is 3.93. The molecule has 0 bridgehead atoms. The van der Waals surface area contributed by atoms with Crippen molar-refractivity contribution in [3.63, 3.8) is 0 Å². The first kappa shape index (κ1) is 22.4. The van der Waals surface area contributed by atoms with Crippen LogP contribution in [0.3, 0.4) is 0 Å². The number of nitrogens with one attached hydrogen (secondary N) is 2. The second kappa shape index (κ2) is 8.78. The molecule has 7 heteroatoms. The first-order valence-corrected chi connectivity index (χ1v) is 12.1. The summed E-state index contributed by atoms with van der Waals surface area (Å²) in [4.78, 5) is 36.6. The Morgan fingerprint density at radius 1 is 1.06 bits per heavy atom. The first-order valence-electron chi connectivity index (χ1n) is 12.1. The van der Waals surface area contributed by atoms with Crippen molar-refractivity contribution in [1.82, 2.24) is 10.6 Å². The molecule has 7 nitrogen and oxygen atoms in total. The SMILES string of the molecule is CCC(CNC(=O)[C@@]12C[C@@H](NC(=O)OCC3c4ccccc4-c4ccccc43)C[C@@H]1C2)C(=O)O. The minimum atomic E-state index is -0.895. The Bertz CT molecular complexity index is 1090. The molecule has 34 heavy (non-hydrogen) atoms. The summed E-state index contributed by atoms with van der Waals surface area (Å²) < 4.78 is 5.65. The highest BCUT2D eigenvalue weighted by molar-refractivity contribution is 5.87. The van der Waals surface area contributed by atoms with Crippen LogP contribution in [0.25, 0.3) is 11.1 Å². The van der Waals surface area contributed by atoms with E-state index in [-0.39, 0.29) is 36.9 Å². The first-order chi connectivity index (χ1) is 16.4. The van der Waals surface area contributed by atoms with Crippen LogP contribution in [0, 0.1) is 17.3 Å². The van der Waals surface area contributed by atoms with Gasteiger partial charge in [-0.05, 0) is 53.9 Å². The molecule has 2 aromatic rings. The van der Waals surface area contributed by atoms with E-state index in [4.69, 9.17) is 4.74 Å². The molecule has 0 heterocycles. The number of carboxylic acids is 1. The van der Waals surface area contributed by atoms with Crippen LogP contribution in [-0.2, 0) is 14.3 Å². The van der Waals surface area contributed by atoms with Gasteiger partial charge in [-0.25, -0.2) is 4.79 Å². The molecule has 3 aliphatic carbocycles. The predicted molar refractivity (Wildman–Crippen MR) is 126 cm³/mol. The smallest absolute Gasteiger partial charge is 0.407 e. The maximum absolute atomic E-state index is 12.8. The van der Waals surface area contributed by atoms with Crippen molar-refractivity contribution < 1.29 is 24.2 Å². The summed E-state index contributed by atoms with van der Waals surface area (Å²) in [5.41, 5.74) is 4.23. The van der Waals surface area contributed by atoms with Crippen LogP contribution in [0.4, 0.5) is 4.79 Å². The molecular formula is C27H30N2O5. The molecule has 5 rings (SSSR count). The highest BCUT2D eigenvalue weighted by atomic mass is 16.5. The van der Waals surface area contributed by atoms with Gasteiger partial charge in [0, 0.05) is 18.5 Å². The van der Waals surface area contributed by atoms with Crippen molar-refractivity contribution in [3.8, 4) is 11.1 Å². The zero-order valence-electron chi connectivity index (χ0n) is 19.3. The standard InChI is InChI=1S/C27H30N2O5/c1-2-16(24(30)31)14-28-25(32)27-12-17(27)11-18(13-27)29-26(33)34-15-23-21-9-5-3-7-19(21)20-8-4-6-10-22(20)23/h3-10,16-18,23H,2,11-15H2,1H3,(H,28,32)(H,29,33)(H,30,31)/t16?,17-,18+,27+/m1/s1. The number of carbonyl (C=O) groups is 3. The fraction of sp³-hybridized carbons (Fsp3) is 0.444. The van der Waals surface area contributed by atoms with E-state index in [0.717, 1.165) is 12.8 Å². The summed E-state index contributed by atoms with van der Waals surface area (Å²) >= 11 is 0. The second-order valence-corrected chi connectivity index (χ2v) is 9.82. The van der Waals surface area contributed by atoms with Gasteiger partial charge in [0.05, 0.1) is 11.3 Å². The van der Waals surface area contributed by atoms with E-state index in [1.165, 1.54) is 22.3 Å². The molecule has 4 atom stereocenters. The lowest BCUT2D eigenvalue weighted by molar-refractivity contribution is -0.141. The van der Waals surface area contributed by atoms with Crippen LogP contribution in [0.1, 0.15) is 49.7 Å². The van der Waals surface area contributed by atoms with Crippen molar-refractivity contribution in [2.75, 3.05) is 13.2 Å². The van der Waals surface area contributed by atoms with E-state index in [1.807, 2.05) is 24.3 Å². The second-order valence-electron chi connectivity index (χ2n) is 9.82. The number of benzene rings is 2. The van der Waals surface area contributed by atoms with Crippen LogP contribution in [-0.4, -0.2) is 42.3 Å². The number of hydrogen-bond acceptors (Lipinski definition) is 4. The Morgan fingerprint density at radius 3 is 2.32 bits per heavy atom. The van der Waals surface area contributed by atoms with Gasteiger partial charge in [-0.3, -0.25) is 9.59 Å². The molecule has 0 saturated heterocycles. The summed E-state index contributed by atoms with van der Waals surface area (Å²) in [6.45, 7) is 2.20. The quantitative estimate of drug-likeness (QED) is 0.552. The Kier molecular flexibility index (Phi) is 5.80. The fourth-order valence-electron chi connectivity index (χ4n) is 5.89. The largest absolute Gasteiger partial charge is 0.481 e. The molecule has 0 radical (unpaired) electrons. The number of fused-ring (bicyclic) bond motifs is 4. The van der Waals surface area contributed by atoms with Crippen LogP contribution in [0.15, 0.2) is 48.5 Å². The molecule has 178 valence electrons. The van der Waals surface area contributed by atoms with Gasteiger partial charge in [0.2, 0.25) is 5.91 Å². The highest BCUT2D eigenvalue weighted by Gasteiger charge is 2.65. The number of carboxylic acid groups (broad SMARTS) is 1. The van der Waals surface area contributed by atoms with E-state index in [0.29, 0.717) is 12.8 Å². The van der Waals surface area contributed by atoms with Crippen LogP contribution >= 0.6 is 0 Å². The normalized spacial score (nSPS) is 25.0. The lowest BCUT2D eigenvalue weighted by Gasteiger charge is -2.20. The summed E-state index contributed by atoms with van der Waals surface area (Å²) in [6, 6.07) is 16.3. The lowest BCUT2D eigenvalue weighted by atomic mass is 9.98. The maximum Gasteiger partial charge on any atom is 0.407 e. The van der Waals surface area contributed by atoms with Gasteiger partial charge < -0.3 is 20.5 Å². The zero-order chi connectivity index (χ0) is 23.9. The molecule has 0 aromatic heterocycles. The molecule has 0 spiro atoms. The Morgan fingerprint density at radius 2 is 1.71 bits per heavy atom. The number of amides is 2. The van der Waals surface area contributed by atoms with Crippen molar-refractivity contribution in [2.24, 2.45) is 17.3 Å². The molecule has 2 saturated carbocycles. The molecular weight excluding hydrogens is 432 g/mol. The number of rotatable bonds is 8. The van der Waals surface area contributed by atoms with Gasteiger partial charge in [-0.15, -0.1) is 0 Å². The van der Waals surface area contributed by atoms with Crippen molar-refractivity contribution in [2.45, 2.75) is 44.6 Å². The highest BCUT2D eigenvalue weighted by Crippen LogP contribution is 2.63. The van der Waals surface area contributed by atoms with Crippen molar-refractivity contribution in [1.29, 1.82) is 0 Å². The van der Waals surface area contributed by atoms with E-state index in [9.17, 15) is 19.5 Å². The molecule has 2 amide bonds. The predicted octanol–water partition coefficient (Wildman–Crippen LogP) is 3.92.